The molecule has 18 heteroatoms. The normalized spacial score (nSPS) is 12.9. The summed E-state index contributed by atoms with van der Waals surface area (Å²) in [6.07, 6.45) is 0. The van der Waals surface area contributed by atoms with E-state index in [2.05, 4.69) is 36.0 Å². The van der Waals surface area contributed by atoms with Gasteiger partial charge in [-0.25, -0.2) is 0 Å². The van der Waals surface area contributed by atoms with Crippen LogP contribution in [-0.2, 0) is 0 Å². The molecule has 0 radical (unpaired) electrons. The van der Waals surface area contributed by atoms with Crippen LogP contribution in [0.2, 0.25) is 0 Å². The number of nitrogens with zero attached hydrogens (tertiary/aromatic N) is 6. The largest absolute Gasteiger partial charge is 0.505 e. The molecule has 0 spiro atoms. The predicted molar refractivity (Wildman–Crippen MR) is 213 cm³/mol. The van der Waals surface area contributed by atoms with E-state index in [1.54, 1.807) is 80.6 Å². The van der Waals surface area contributed by atoms with Crippen LogP contribution in [0.4, 0.5) is 45.5 Å². The second-order valence-corrected chi connectivity index (χ2v) is 15.1. The number of hydrogen-bond acceptors (Lipinski definition) is 15. The molecule has 0 bridgehead atoms. The summed E-state index contributed by atoms with van der Waals surface area (Å²) in [5, 5.41) is 39.8. The van der Waals surface area contributed by atoms with Crippen molar-refractivity contribution < 1.29 is 37.2 Å². The van der Waals surface area contributed by atoms with Crippen molar-refractivity contribution in [1.29, 1.82) is 0 Å². The molecule has 0 saturated heterocycles. The molecule has 0 saturated carbocycles. The minimum absolute atomic E-state index is 0.0254. The molecule has 0 aliphatic heterocycles. The minimum atomic E-state index is -4.39. The third-order valence-corrected chi connectivity index (χ3v) is 9.91. The van der Waals surface area contributed by atoms with Crippen LogP contribution in [0.15, 0.2) is 150 Å². The van der Waals surface area contributed by atoms with Crippen LogP contribution in [0.1, 0.15) is 21.5 Å². The molecule has 1 amide bonds. The molecule has 0 atom stereocenters. The fourth-order valence-corrected chi connectivity index (χ4v) is 6.37. The number of phenols is 1. The van der Waals surface area contributed by atoms with Crippen LogP contribution < -0.4 is 11.1 Å². The summed E-state index contributed by atoms with van der Waals surface area (Å²) in [6.45, 7) is 3.55. The number of benzene rings is 6. The molecule has 6 rings (SSSR count). The van der Waals surface area contributed by atoms with E-state index < -0.39 is 38.3 Å². The Kier molecular flexibility index (Phi) is 11.0. The summed E-state index contributed by atoms with van der Waals surface area (Å²) >= 11 is 0. The van der Waals surface area contributed by atoms with E-state index in [-0.39, 0.29) is 21.4 Å². The van der Waals surface area contributed by atoms with Gasteiger partial charge in [-0.05, 0) is 140 Å². The molecular weight excluding hydrogens is 749 g/mol. The number of rotatable bonds is 10. The second-order valence-electron chi connectivity index (χ2n) is 12.2. The number of nitrogen functional groups attached to an aromatic ring is 1. The fraction of sp³-hybridized carbons (Fsp3) is 0.0541. The summed E-state index contributed by atoms with van der Waals surface area (Å²) in [4.78, 5) is 12.2. The Morgan fingerprint density at radius 1 is 0.600 bits per heavy atom. The molecule has 0 aliphatic carbocycles. The summed E-state index contributed by atoms with van der Waals surface area (Å²) in [6, 6.07) is 28.0. The van der Waals surface area contributed by atoms with Gasteiger partial charge in [-0.2, -0.15) is 25.6 Å². The first-order valence-electron chi connectivity index (χ1n) is 16.1. The van der Waals surface area contributed by atoms with Gasteiger partial charge in [-0.1, -0.05) is 0 Å². The molecule has 6 aromatic carbocycles. The summed E-state index contributed by atoms with van der Waals surface area (Å²) in [7, 11) is -8.19. The molecule has 6 aromatic rings. The monoisotopic (exact) mass is 782 g/mol. The first kappa shape index (κ1) is 38.6. The lowest BCUT2D eigenvalue weighted by Crippen LogP contribution is -2.11. The number of fused-ring (bicyclic) bond motifs is 1. The van der Waals surface area contributed by atoms with Crippen LogP contribution in [0.3, 0.4) is 0 Å². The number of hydrogen-bond donors (Lipinski definition) is 9. The zero-order chi connectivity index (χ0) is 39.5. The van der Waals surface area contributed by atoms with Crippen molar-refractivity contribution in [2.45, 2.75) is 23.6 Å². The third kappa shape index (κ3) is 9.35. The number of azo groups is 3. The molecule has 282 valence electrons. The van der Waals surface area contributed by atoms with Gasteiger partial charge in [0.2, 0.25) is 0 Å². The maximum atomic E-state index is 12.7. The molecule has 0 heterocycles. The Balaban J connectivity index is 1.18. The molecule has 16 nitrogen and oxygen atoms in total. The second kappa shape index (κ2) is 15.7. The Morgan fingerprint density at radius 3 is 1.64 bits per heavy atom. The number of carbonyl (C=O) groups excluding carboxylic acids is 1. The van der Waals surface area contributed by atoms with Crippen molar-refractivity contribution in [2.24, 2.45) is 30.7 Å². The third-order valence-electron chi connectivity index (χ3n) is 8.11. The van der Waals surface area contributed by atoms with Gasteiger partial charge >= 0.3 is 0 Å². The van der Waals surface area contributed by atoms with E-state index in [0.717, 1.165) is 0 Å². The van der Waals surface area contributed by atoms with Crippen LogP contribution in [0, 0.1) is 13.8 Å². The lowest BCUT2D eigenvalue weighted by atomic mass is 10.1. The van der Waals surface area contributed by atoms with Crippen molar-refractivity contribution in [2.75, 3.05) is 11.1 Å². The zero-order valence-corrected chi connectivity index (χ0v) is 30.6. The smallest absolute Gasteiger partial charge is 0.255 e. The minimum Gasteiger partial charge on any atom is -0.505 e. The highest BCUT2D eigenvalue weighted by Gasteiger charge is 2.26. The van der Waals surface area contributed by atoms with Crippen molar-refractivity contribution in [1.82, 2.24) is 0 Å². The first-order chi connectivity index (χ1) is 26.0. The Hall–Kier alpha value is -6.09. The molecule has 0 aliphatic rings. The number of phenolic OH excluding ortho intramolecular Hbond substituents is 1. The van der Waals surface area contributed by atoms with E-state index >= 15 is 0 Å². The van der Waals surface area contributed by atoms with Crippen LogP contribution in [0.25, 0.3) is 10.8 Å². The van der Waals surface area contributed by atoms with E-state index in [4.69, 9.17) is 5.73 Å². The molecule has 0 unspecified atom stereocenters. The van der Waals surface area contributed by atoms with Crippen LogP contribution in [0.5, 0.6) is 5.75 Å². The average Bonchev–Trinajstić information content (AvgIpc) is 3.14. The van der Waals surface area contributed by atoms with E-state index in [1.165, 1.54) is 42.5 Å². The molecular formula is C37H34N8O8S2. The number of amides is 1. The molecule has 10 N–H and O–H groups in total. The Labute approximate surface area is 317 Å². The zero-order valence-electron chi connectivity index (χ0n) is 29.0. The van der Waals surface area contributed by atoms with Crippen LogP contribution >= 0.6 is 21.7 Å². The summed E-state index contributed by atoms with van der Waals surface area (Å²) < 4.78 is 58.9. The number of nitrogens with two attached hydrogens (primary N) is 1. The SMILES string of the molecule is Cc1cc(N=Nc2c(S(O)(O)O)cc3cc(NC(=O)c4ccc(N)cc4)ccc3c2O)c(C)cc1N=Nc1ccc(N=Nc2ccc(S(O)(O)O)cc2)cc1. The van der Waals surface area contributed by atoms with Crippen molar-refractivity contribution >= 4 is 83.9 Å². The number of carbonyl (C=O) groups is 1. The lowest BCUT2D eigenvalue weighted by Gasteiger charge is -2.22. The molecule has 0 aromatic heterocycles. The van der Waals surface area contributed by atoms with Gasteiger partial charge in [0.1, 0.15) is 27.4 Å². The van der Waals surface area contributed by atoms with Crippen molar-refractivity contribution in [3.63, 3.8) is 0 Å². The number of aromatic hydroxyl groups is 1. The maximum absolute atomic E-state index is 12.7. The lowest BCUT2D eigenvalue weighted by molar-refractivity contribution is 0.102. The van der Waals surface area contributed by atoms with Gasteiger partial charge in [-0.3, -0.25) is 4.79 Å². The Morgan fingerprint density at radius 2 is 1.11 bits per heavy atom. The highest BCUT2D eigenvalue weighted by molar-refractivity contribution is 8.19. The summed E-state index contributed by atoms with van der Waals surface area (Å²) in [5.74, 6) is -0.878. The van der Waals surface area contributed by atoms with Crippen molar-refractivity contribution in [3.05, 3.63) is 126 Å². The van der Waals surface area contributed by atoms with E-state index in [1.807, 2.05) is 0 Å². The maximum Gasteiger partial charge on any atom is 0.255 e. The van der Waals surface area contributed by atoms with Gasteiger partial charge in [0.05, 0.1) is 38.2 Å². The van der Waals surface area contributed by atoms with E-state index in [9.17, 15) is 37.2 Å². The predicted octanol–water partition coefficient (Wildman–Crippen LogP) is 12.4. The van der Waals surface area contributed by atoms with Gasteiger partial charge in [0.15, 0.2) is 5.75 Å². The number of nitrogens with one attached hydrogen (secondary N) is 1. The quantitative estimate of drug-likeness (QED) is 0.0471. The van der Waals surface area contributed by atoms with Gasteiger partial charge in [0, 0.05) is 22.3 Å². The van der Waals surface area contributed by atoms with E-state index in [0.29, 0.717) is 56.5 Å². The van der Waals surface area contributed by atoms with Crippen LogP contribution in [-0.4, -0.2) is 38.3 Å². The van der Waals surface area contributed by atoms with Gasteiger partial charge < -0.3 is 43.5 Å². The molecule has 55 heavy (non-hydrogen) atoms. The highest BCUT2D eigenvalue weighted by atomic mass is 32.3. The standard InChI is InChI=1S/C37H34N8O8S2/c1-21-18-33(22(2)17-32(21)43-42-27-9-7-26(8-10-27)40-41-28-11-14-30(15-12-28)54(48,49)50)44-45-35-34(55(51,52)53)20-24-19-29(13-16-31(24)36(35)46)39-37(47)23-3-5-25(38)6-4-23/h3-20,46,48-53H,38H2,1-2H3,(H,39,47). The van der Waals surface area contributed by atoms with Gasteiger partial charge in [0.25, 0.3) is 5.91 Å². The summed E-state index contributed by atoms with van der Waals surface area (Å²) in [5.41, 5.74) is 10.3. The topological polar surface area (TPSA) is 271 Å². The van der Waals surface area contributed by atoms with Gasteiger partial charge in [-0.15, -0.1) is 5.11 Å². The highest BCUT2D eigenvalue weighted by Crippen LogP contribution is 2.54. The number of aryl methyl sites for hydroxylation is 2. The first-order valence-corrected chi connectivity index (χ1v) is 19.1. The fourth-order valence-electron chi connectivity index (χ4n) is 5.19. The average molecular weight is 783 g/mol. The number of anilines is 2. The molecule has 0 fully saturated rings. The van der Waals surface area contributed by atoms with Crippen molar-refractivity contribution in [3.8, 4) is 5.75 Å². The Bertz CT molecular complexity index is 2480.